The molecule has 1 aromatic carbocycles. The van der Waals surface area contributed by atoms with Gasteiger partial charge in [0, 0.05) is 12.6 Å². The molecule has 2 N–H and O–H groups in total. The smallest absolute Gasteiger partial charge is 0.311 e. The highest BCUT2D eigenvalue weighted by atomic mass is 16.5. The fourth-order valence-electron chi connectivity index (χ4n) is 2.38. The fourth-order valence-corrected chi connectivity index (χ4v) is 2.38. The predicted octanol–water partition coefficient (Wildman–Crippen LogP) is 1.18. The number of benzene rings is 1. The van der Waals surface area contributed by atoms with E-state index in [2.05, 4.69) is 5.32 Å². The third kappa shape index (κ3) is 3.32. The van der Waals surface area contributed by atoms with Gasteiger partial charge in [-0.1, -0.05) is 30.3 Å². The van der Waals surface area contributed by atoms with Gasteiger partial charge in [-0.3, -0.25) is 9.59 Å². The highest BCUT2D eigenvalue weighted by molar-refractivity contribution is 5.78. The van der Waals surface area contributed by atoms with E-state index in [4.69, 9.17) is 4.74 Å². The molecular weight excluding hydrogens is 246 g/mol. The van der Waals surface area contributed by atoms with E-state index in [-0.39, 0.29) is 12.4 Å². The van der Waals surface area contributed by atoms with E-state index in [9.17, 15) is 14.7 Å². The van der Waals surface area contributed by atoms with Gasteiger partial charge >= 0.3 is 11.9 Å². The summed E-state index contributed by atoms with van der Waals surface area (Å²) in [4.78, 5) is 22.7. The number of rotatable bonds is 4. The maximum Gasteiger partial charge on any atom is 0.311 e. The Morgan fingerprint density at radius 1 is 1.42 bits per heavy atom. The Hall–Kier alpha value is -1.88. The molecule has 0 unspecified atom stereocenters. The van der Waals surface area contributed by atoms with Gasteiger partial charge in [0.15, 0.2) is 0 Å². The van der Waals surface area contributed by atoms with E-state index < -0.39 is 24.0 Å². The molecule has 1 aromatic rings. The molecule has 0 radical (unpaired) electrons. The quantitative estimate of drug-likeness (QED) is 0.798. The van der Waals surface area contributed by atoms with Crippen LogP contribution in [0.4, 0.5) is 0 Å². The molecule has 1 saturated heterocycles. The van der Waals surface area contributed by atoms with Gasteiger partial charge in [-0.25, -0.2) is 0 Å². The summed E-state index contributed by atoms with van der Waals surface area (Å²) in [6.07, 6.45) is -0.513. The van der Waals surface area contributed by atoms with Crippen LogP contribution in [0.15, 0.2) is 30.3 Å². The molecule has 2 rings (SSSR count). The molecule has 0 aromatic heterocycles. The third-order valence-electron chi connectivity index (χ3n) is 3.34. The molecule has 5 heteroatoms. The van der Waals surface area contributed by atoms with Gasteiger partial charge in [-0.05, 0) is 12.5 Å². The van der Waals surface area contributed by atoms with Crippen molar-refractivity contribution in [2.45, 2.75) is 32.0 Å². The van der Waals surface area contributed by atoms with Gasteiger partial charge in [-0.15, -0.1) is 0 Å². The minimum absolute atomic E-state index is 0.0914. The Balaban J connectivity index is 2.03. The average Bonchev–Trinajstić information content (AvgIpc) is 2.36. The summed E-state index contributed by atoms with van der Waals surface area (Å²) in [5.74, 6) is -2.00. The first-order chi connectivity index (χ1) is 9.08. The van der Waals surface area contributed by atoms with Crippen molar-refractivity contribution in [2.75, 3.05) is 0 Å². The van der Waals surface area contributed by atoms with E-state index in [1.807, 2.05) is 30.3 Å². The lowest BCUT2D eigenvalue weighted by Gasteiger charge is -2.33. The number of esters is 1. The van der Waals surface area contributed by atoms with Crippen LogP contribution in [0, 0.1) is 5.92 Å². The standard InChI is InChI=1S/C14H17NO4/c1-9-13(14(17)18)11(7-12(16)19-9)15-8-10-5-3-2-4-6-10/h2-6,9,11,13,15H,7-8H2,1H3,(H,17,18)/t9-,11-,13-/m0/s1. The van der Waals surface area contributed by atoms with Crippen LogP contribution < -0.4 is 5.32 Å². The number of carbonyl (C=O) groups is 2. The molecule has 0 aliphatic carbocycles. The van der Waals surface area contributed by atoms with Crippen LogP contribution in [-0.2, 0) is 20.9 Å². The predicted molar refractivity (Wildman–Crippen MR) is 68.4 cm³/mol. The van der Waals surface area contributed by atoms with Crippen molar-refractivity contribution in [1.29, 1.82) is 0 Å². The summed E-state index contributed by atoms with van der Waals surface area (Å²) >= 11 is 0. The molecule has 19 heavy (non-hydrogen) atoms. The molecule has 0 spiro atoms. The Kier molecular flexibility index (Phi) is 4.16. The number of aliphatic carboxylic acids is 1. The van der Waals surface area contributed by atoms with E-state index in [0.29, 0.717) is 6.54 Å². The average molecular weight is 263 g/mol. The van der Waals surface area contributed by atoms with E-state index in [1.165, 1.54) is 0 Å². The normalized spacial score (nSPS) is 26.8. The Bertz CT molecular complexity index is 460. The number of carboxylic acids is 1. The van der Waals surface area contributed by atoms with Crippen molar-refractivity contribution in [3.8, 4) is 0 Å². The second kappa shape index (κ2) is 5.84. The van der Waals surface area contributed by atoms with E-state index >= 15 is 0 Å². The van der Waals surface area contributed by atoms with Crippen LogP contribution in [0.2, 0.25) is 0 Å². The Morgan fingerprint density at radius 3 is 2.74 bits per heavy atom. The molecule has 0 amide bonds. The molecule has 102 valence electrons. The monoisotopic (exact) mass is 263 g/mol. The van der Waals surface area contributed by atoms with Crippen LogP contribution in [-0.4, -0.2) is 29.2 Å². The van der Waals surface area contributed by atoms with Gasteiger partial charge in [0.1, 0.15) is 12.0 Å². The van der Waals surface area contributed by atoms with Crippen LogP contribution in [0.5, 0.6) is 0 Å². The first-order valence-corrected chi connectivity index (χ1v) is 6.27. The lowest BCUT2D eigenvalue weighted by Crippen LogP contribution is -2.51. The molecule has 1 aliphatic heterocycles. The molecule has 0 saturated carbocycles. The van der Waals surface area contributed by atoms with Crippen molar-refractivity contribution in [1.82, 2.24) is 5.32 Å². The number of hydrogen-bond donors (Lipinski definition) is 2. The highest BCUT2D eigenvalue weighted by Crippen LogP contribution is 2.23. The van der Waals surface area contributed by atoms with Gasteiger partial charge in [0.25, 0.3) is 0 Å². The van der Waals surface area contributed by atoms with Crippen molar-refractivity contribution >= 4 is 11.9 Å². The lowest BCUT2D eigenvalue weighted by molar-refractivity contribution is -0.167. The maximum atomic E-state index is 11.4. The maximum absolute atomic E-state index is 11.4. The zero-order valence-corrected chi connectivity index (χ0v) is 10.7. The van der Waals surface area contributed by atoms with Crippen molar-refractivity contribution < 1.29 is 19.4 Å². The van der Waals surface area contributed by atoms with Gasteiger partial charge < -0.3 is 15.2 Å². The highest BCUT2D eigenvalue weighted by Gasteiger charge is 2.40. The molecule has 5 nitrogen and oxygen atoms in total. The first-order valence-electron chi connectivity index (χ1n) is 6.27. The second-order valence-electron chi connectivity index (χ2n) is 4.74. The fraction of sp³-hybridized carbons (Fsp3) is 0.429. The second-order valence-corrected chi connectivity index (χ2v) is 4.74. The van der Waals surface area contributed by atoms with Crippen molar-refractivity contribution in [2.24, 2.45) is 5.92 Å². The van der Waals surface area contributed by atoms with Crippen LogP contribution in [0.3, 0.4) is 0 Å². The molecule has 1 aliphatic rings. The Morgan fingerprint density at radius 2 is 2.11 bits per heavy atom. The van der Waals surface area contributed by atoms with Crippen LogP contribution in [0.25, 0.3) is 0 Å². The molecule has 1 fully saturated rings. The molecular formula is C14H17NO4. The van der Waals surface area contributed by atoms with Crippen LogP contribution in [0.1, 0.15) is 18.9 Å². The lowest BCUT2D eigenvalue weighted by atomic mass is 9.89. The summed E-state index contributed by atoms with van der Waals surface area (Å²) in [6, 6.07) is 9.27. The number of carboxylic acid groups (broad SMARTS) is 1. The minimum Gasteiger partial charge on any atom is -0.481 e. The van der Waals surface area contributed by atoms with E-state index in [1.54, 1.807) is 6.92 Å². The number of carbonyl (C=O) groups excluding carboxylic acids is 1. The largest absolute Gasteiger partial charge is 0.481 e. The topological polar surface area (TPSA) is 75.6 Å². The number of hydrogen-bond acceptors (Lipinski definition) is 4. The van der Waals surface area contributed by atoms with E-state index in [0.717, 1.165) is 5.56 Å². The molecule has 0 bridgehead atoms. The summed E-state index contributed by atoms with van der Waals surface area (Å²) in [5, 5.41) is 12.4. The zero-order valence-electron chi connectivity index (χ0n) is 10.7. The molecule has 1 heterocycles. The number of cyclic esters (lactones) is 1. The summed E-state index contributed by atoms with van der Waals surface area (Å²) in [5.41, 5.74) is 1.05. The summed E-state index contributed by atoms with van der Waals surface area (Å²) < 4.78 is 4.98. The SMILES string of the molecule is C[C@@H]1OC(=O)C[C@H](NCc2ccccc2)[C@H]1C(=O)O. The molecule has 3 atom stereocenters. The van der Waals surface area contributed by atoms with Gasteiger partial charge in [0.2, 0.25) is 0 Å². The third-order valence-corrected chi connectivity index (χ3v) is 3.34. The summed E-state index contributed by atoms with van der Waals surface area (Å²) in [6.45, 7) is 2.16. The van der Waals surface area contributed by atoms with Crippen molar-refractivity contribution in [3.63, 3.8) is 0 Å². The zero-order chi connectivity index (χ0) is 13.8. The number of ether oxygens (including phenoxy) is 1. The van der Waals surface area contributed by atoms with Gasteiger partial charge in [0.05, 0.1) is 6.42 Å². The van der Waals surface area contributed by atoms with Gasteiger partial charge in [-0.2, -0.15) is 0 Å². The number of nitrogens with one attached hydrogen (secondary N) is 1. The first kappa shape index (κ1) is 13.5. The Labute approximate surface area is 111 Å². The van der Waals surface area contributed by atoms with Crippen LogP contribution >= 0.6 is 0 Å². The van der Waals surface area contributed by atoms with Crippen molar-refractivity contribution in [3.05, 3.63) is 35.9 Å². The minimum atomic E-state index is -0.939. The summed E-state index contributed by atoms with van der Waals surface area (Å²) in [7, 11) is 0.